The lowest BCUT2D eigenvalue weighted by molar-refractivity contribution is -0.146. The minimum atomic E-state index is -0.887. The Labute approximate surface area is 129 Å². The van der Waals surface area contributed by atoms with Crippen LogP contribution in [0.3, 0.4) is 0 Å². The van der Waals surface area contributed by atoms with Crippen LogP contribution in [-0.4, -0.2) is 41.0 Å². The first-order valence-electron chi connectivity index (χ1n) is 7.38. The predicted octanol–water partition coefficient (Wildman–Crippen LogP) is 2.04. The zero-order valence-electron chi connectivity index (χ0n) is 12.5. The molecular formula is C15H22N2O3S. The first-order chi connectivity index (χ1) is 10.1. The Kier molecular flexibility index (Phi) is 5.36. The first kappa shape index (κ1) is 16.0. The van der Waals surface area contributed by atoms with Crippen LogP contribution in [0.25, 0.3) is 0 Å². The topological polar surface area (TPSA) is 69.6 Å². The van der Waals surface area contributed by atoms with Crippen molar-refractivity contribution in [2.24, 2.45) is 0 Å². The van der Waals surface area contributed by atoms with Gasteiger partial charge in [-0.1, -0.05) is 13.3 Å². The van der Waals surface area contributed by atoms with Gasteiger partial charge in [0.1, 0.15) is 6.04 Å². The number of nitrogens with zero attached hydrogens (tertiary/aromatic N) is 1. The minimum Gasteiger partial charge on any atom is -0.480 e. The molecule has 2 N–H and O–H groups in total. The summed E-state index contributed by atoms with van der Waals surface area (Å²) in [5, 5.41) is 14.4. The third-order valence-electron chi connectivity index (χ3n) is 3.94. The van der Waals surface area contributed by atoms with E-state index >= 15 is 0 Å². The van der Waals surface area contributed by atoms with E-state index in [1.807, 2.05) is 11.4 Å². The molecule has 2 heterocycles. The summed E-state index contributed by atoms with van der Waals surface area (Å²) in [6.07, 6.45) is 2.77. The molecule has 1 amide bonds. The molecule has 1 aromatic heterocycles. The summed E-state index contributed by atoms with van der Waals surface area (Å²) in [6.45, 7) is 5.11. The van der Waals surface area contributed by atoms with E-state index in [0.717, 1.165) is 29.7 Å². The maximum atomic E-state index is 12.2. The average Bonchev–Trinajstić information content (AvgIpc) is 2.93. The summed E-state index contributed by atoms with van der Waals surface area (Å²) in [6, 6.07) is 0.718. The van der Waals surface area contributed by atoms with Crippen molar-refractivity contribution in [3.8, 4) is 0 Å². The van der Waals surface area contributed by atoms with Gasteiger partial charge in [-0.25, -0.2) is 0 Å². The highest BCUT2D eigenvalue weighted by atomic mass is 32.1. The minimum absolute atomic E-state index is 0.0895. The Balaban J connectivity index is 2.11. The van der Waals surface area contributed by atoms with Crippen molar-refractivity contribution >= 4 is 23.2 Å². The van der Waals surface area contributed by atoms with Gasteiger partial charge in [-0.2, -0.15) is 0 Å². The van der Waals surface area contributed by atoms with E-state index in [1.165, 1.54) is 0 Å². The second-order valence-electron chi connectivity index (χ2n) is 5.35. The van der Waals surface area contributed by atoms with Crippen molar-refractivity contribution < 1.29 is 14.7 Å². The molecule has 0 bridgehead atoms. The Morgan fingerprint density at radius 3 is 3.00 bits per heavy atom. The van der Waals surface area contributed by atoms with E-state index in [9.17, 15) is 14.7 Å². The van der Waals surface area contributed by atoms with Crippen LogP contribution in [0.15, 0.2) is 11.4 Å². The van der Waals surface area contributed by atoms with Gasteiger partial charge in [-0.05, 0) is 36.8 Å². The van der Waals surface area contributed by atoms with E-state index in [2.05, 4.69) is 12.2 Å². The maximum Gasteiger partial charge on any atom is 0.325 e. The molecule has 2 unspecified atom stereocenters. The summed E-state index contributed by atoms with van der Waals surface area (Å²) in [7, 11) is 0. The number of unbranched alkanes of at least 4 members (excludes halogenated alkanes) is 1. The van der Waals surface area contributed by atoms with Gasteiger partial charge in [-0.3, -0.25) is 14.5 Å². The van der Waals surface area contributed by atoms with Gasteiger partial charge in [0.25, 0.3) is 0 Å². The van der Waals surface area contributed by atoms with Crippen LogP contribution in [0.1, 0.15) is 43.2 Å². The average molecular weight is 310 g/mol. The number of rotatable bonds is 6. The monoisotopic (exact) mass is 310 g/mol. The number of carboxylic acids is 1. The summed E-state index contributed by atoms with van der Waals surface area (Å²) >= 11 is 1.59. The molecule has 1 aliphatic heterocycles. The number of hydrogen-bond acceptors (Lipinski definition) is 4. The molecule has 0 fully saturated rings. The summed E-state index contributed by atoms with van der Waals surface area (Å²) in [4.78, 5) is 26.7. The molecule has 6 heteroatoms. The Morgan fingerprint density at radius 1 is 1.57 bits per heavy atom. The molecule has 116 valence electrons. The SMILES string of the molecule is CCCCNC(=O)C(C)N1CCc2sccc2C1C(=O)O. The lowest BCUT2D eigenvalue weighted by Gasteiger charge is -2.36. The van der Waals surface area contributed by atoms with Gasteiger partial charge < -0.3 is 10.4 Å². The van der Waals surface area contributed by atoms with Gasteiger partial charge >= 0.3 is 5.97 Å². The second kappa shape index (κ2) is 7.04. The molecule has 0 spiro atoms. The third-order valence-corrected chi connectivity index (χ3v) is 4.94. The van der Waals surface area contributed by atoms with E-state index in [0.29, 0.717) is 13.1 Å². The van der Waals surface area contributed by atoms with Gasteiger partial charge in [0.15, 0.2) is 0 Å². The van der Waals surface area contributed by atoms with E-state index < -0.39 is 18.1 Å². The number of carbonyl (C=O) groups is 2. The fourth-order valence-electron chi connectivity index (χ4n) is 2.71. The molecular weight excluding hydrogens is 288 g/mol. The van der Waals surface area contributed by atoms with Crippen molar-refractivity contribution in [2.45, 2.75) is 45.2 Å². The zero-order valence-corrected chi connectivity index (χ0v) is 13.3. The Bertz CT molecular complexity index is 515. The lowest BCUT2D eigenvalue weighted by Crippen LogP contribution is -2.51. The van der Waals surface area contributed by atoms with Crippen molar-refractivity contribution in [2.75, 3.05) is 13.1 Å². The predicted molar refractivity (Wildman–Crippen MR) is 82.5 cm³/mol. The highest BCUT2D eigenvalue weighted by molar-refractivity contribution is 7.10. The van der Waals surface area contributed by atoms with Crippen molar-refractivity contribution in [3.63, 3.8) is 0 Å². The molecule has 1 aromatic rings. The number of nitrogens with one attached hydrogen (secondary N) is 1. The summed E-state index contributed by atoms with van der Waals surface area (Å²) in [5.74, 6) is -0.976. The number of fused-ring (bicyclic) bond motifs is 1. The van der Waals surface area contributed by atoms with Crippen LogP contribution in [0, 0.1) is 0 Å². The maximum absolute atomic E-state index is 12.2. The molecule has 0 aliphatic carbocycles. The first-order valence-corrected chi connectivity index (χ1v) is 8.26. The Morgan fingerprint density at radius 2 is 2.33 bits per heavy atom. The number of hydrogen-bond donors (Lipinski definition) is 2. The largest absolute Gasteiger partial charge is 0.480 e. The smallest absolute Gasteiger partial charge is 0.325 e. The van der Waals surface area contributed by atoms with Crippen molar-refractivity contribution in [1.29, 1.82) is 0 Å². The number of carbonyl (C=O) groups excluding carboxylic acids is 1. The lowest BCUT2D eigenvalue weighted by atomic mass is 9.98. The summed E-state index contributed by atoms with van der Waals surface area (Å²) < 4.78 is 0. The van der Waals surface area contributed by atoms with Crippen molar-refractivity contribution in [3.05, 3.63) is 21.9 Å². The van der Waals surface area contributed by atoms with Crippen LogP contribution in [-0.2, 0) is 16.0 Å². The number of amides is 1. The van der Waals surface area contributed by atoms with Crippen LogP contribution in [0.4, 0.5) is 0 Å². The molecule has 1 aliphatic rings. The quantitative estimate of drug-likeness (QED) is 0.789. The third kappa shape index (κ3) is 3.44. The second-order valence-corrected chi connectivity index (χ2v) is 6.35. The molecule has 2 atom stereocenters. The van der Waals surface area contributed by atoms with Crippen LogP contribution >= 0.6 is 11.3 Å². The van der Waals surface area contributed by atoms with Crippen LogP contribution in [0.5, 0.6) is 0 Å². The normalized spacial score (nSPS) is 19.8. The molecule has 2 rings (SSSR count). The van der Waals surface area contributed by atoms with Crippen LogP contribution < -0.4 is 5.32 Å². The van der Waals surface area contributed by atoms with Gasteiger partial charge in [0, 0.05) is 18.0 Å². The molecule has 0 saturated heterocycles. The fourth-order valence-corrected chi connectivity index (χ4v) is 3.62. The van der Waals surface area contributed by atoms with E-state index in [-0.39, 0.29) is 5.91 Å². The van der Waals surface area contributed by atoms with E-state index in [4.69, 9.17) is 0 Å². The number of aliphatic carboxylic acids is 1. The molecule has 0 radical (unpaired) electrons. The zero-order chi connectivity index (χ0) is 15.4. The molecule has 0 aromatic carbocycles. The Hall–Kier alpha value is -1.40. The standard InChI is InChI=1S/C15H22N2O3S/c1-3-4-7-16-14(18)10(2)17-8-5-12-11(6-9-21-12)13(17)15(19)20/h6,9-10,13H,3-5,7-8H2,1-2H3,(H,16,18)(H,19,20). The summed E-state index contributed by atoms with van der Waals surface area (Å²) in [5.41, 5.74) is 0.840. The molecule has 21 heavy (non-hydrogen) atoms. The number of thiophene rings is 1. The highest BCUT2D eigenvalue weighted by Gasteiger charge is 2.38. The molecule has 5 nitrogen and oxygen atoms in total. The van der Waals surface area contributed by atoms with Gasteiger partial charge in [-0.15, -0.1) is 11.3 Å². The van der Waals surface area contributed by atoms with Gasteiger partial charge in [0.2, 0.25) is 5.91 Å². The molecule has 0 saturated carbocycles. The van der Waals surface area contributed by atoms with Gasteiger partial charge in [0.05, 0.1) is 6.04 Å². The highest BCUT2D eigenvalue weighted by Crippen LogP contribution is 2.34. The number of carboxylic acid groups (broad SMARTS) is 1. The van der Waals surface area contributed by atoms with Crippen molar-refractivity contribution in [1.82, 2.24) is 10.2 Å². The van der Waals surface area contributed by atoms with E-state index in [1.54, 1.807) is 23.2 Å². The van der Waals surface area contributed by atoms with Crippen LogP contribution in [0.2, 0.25) is 0 Å². The fraction of sp³-hybridized carbons (Fsp3) is 0.600.